The highest BCUT2D eigenvalue weighted by atomic mass is 16.4. The maximum Gasteiger partial charge on any atom is 0.320 e. The number of hydrogen-bond donors (Lipinski definition) is 3. The summed E-state index contributed by atoms with van der Waals surface area (Å²) in [5.41, 5.74) is 5.32. The molecule has 134 valence electrons. The van der Waals surface area contributed by atoms with Crippen LogP contribution in [0, 0.1) is 5.92 Å². The van der Waals surface area contributed by atoms with Crippen molar-refractivity contribution in [2.24, 2.45) is 11.7 Å². The van der Waals surface area contributed by atoms with Crippen molar-refractivity contribution in [3.63, 3.8) is 0 Å². The SMILES string of the molecule is CCCCCCCCCCCC(=O)C(CC(N)C(=O)O)C(=O)O. The number of rotatable bonds is 15. The summed E-state index contributed by atoms with van der Waals surface area (Å²) in [4.78, 5) is 33.7. The lowest BCUT2D eigenvalue weighted by atomic mass is 9.92. The maximum absolute atomic E-state index is 11.9. The summed E-state index contributed by atoms with van der Waals surface area (Å²) in [7, 11) is 0. The first-order valence-electron chi connectivity index (χ1n) is 8.64. The molecule has 0 aliphatic rings. The normalized spacial score (nSPS) is 13.5. The van der Waals surface area contributed by atoms with E-state index in [9.17, 15) is 14.4 Å². The lowest BCUT2D eigenvalue weighted by Gasteiger charge is -2.13. The molecular formula is C17H31NO5. The maximum atomic E-state index is 11.9. The van der Waals surface area contributed by atoms with E-state index < -0.39 is 29.7 Å². The largest absolute Gasteiger partial charge is 0.481 e. The number of ketones is 1. The summed E-state index contributed by atoms with van der Waals surface area (Å²) in [5.74, 6) is -4.30. The van der Waals surface area contributed by atoms with Gasteiger partial charge in [-0.1, -0.05) is 58.3 Å². The van der Waals surface area contributed by atoms with Crippen LogP contribution in [0.3, 0.4) is 0 Å². The number of unbranched alkanes of at least 4 members (excludes halogenated alkanes) is 8. The molecule has 0 aromatic heterocycles. The lowest BCUT2D eigenvalue weighted by Crippen LogP contribution is -2.37. The number of carbonyl (C=O) groups excluding carboxylic acids is 1. The van der Waals surface area contributed by atoms with E-state index in [0.29, 0.717) is 6.42 Å². The number of aliphatic carboxylic acids is 2. The Morgan fingerprint density at radius 1 is 0.826 bits per heavy atom. The monoisotopic (exact) mass is 329 g/mol. The van der Waals surface area contributed by atoms with E-state index in [4.69, 9.17) is 15.9 Å². The molecule has 6 heteroatoms. The number of nitrogens with two attached hydrogens (primary N) is 1. The number of carboxylic acid groups (broad SMARTS) is 2. The topological polar surface area (TPSA) is 118 Å². The van der Waals surface area contributed by atoms with Crippen LogP contribution in [0.15, 0.2) is 0 Å². The predicted octanol–water partition coefficient (Wildman–Crippen LogP) is 2.98. The zero-order valence-electron chi connectivity index (χ0n) is 14.1. The number of carboxylic acids is 2. The highest BCUT2D eigenvalue weighted by Gasteiger charge is 2.29. The van der Waals surface area contributed by atoms with Crippen molar-refractivity contribution < 1.29 is 24.6 Å². The van der Waals surface area contributed by atoms with Gasteiger partial charge in [0.05, 0.1) is 0 Å². The summed E-state index contributed by atoms with van der Waals surface area (Å²) >= 11 is 0. The van der Waals surface area contributed by atoms with Crippen LogP contribution in [0.1, 0.15) is 77.6 Å². The Morgan fingerprint density at radius 3 is 1.74 bits per heavy atom. The molecular weight excluding hydrogens is 298 g/mol. The fourth-order valence-electron chi connectivity index (χ4n) is 2.51. The molecule has 0 aliphatic heterocycles. The van der Waals surface area contributed by atoms with E-state index in [1.807, 2.05) is 0 Å². The second kappa shape index (κ2) is 13.0. The molecule has 23 heavy (non-hydrogen) atoms. The molecule has 2 atom stereocenters. The summed E-state index contributed by atoms with van der Waals surface area (Å²) < 4.78 is 0. The Morgan fingerprint density at radius 2 is 1.30 bits per heavy atom. The number of Topliss-reactive ketones (excluding diaryl/α,β-unsaturated/α-hetero) is 1. The first-order chi connectivity index (χ1) is 10.9. The molecule has 0 radical (unpaired) electrons. The summed E-state index contributed by atoms with van der Waals surface area (Å²) in [6.07, 6.45) is 9.83. The molecule has 0 heterocycles. The molecule has 0 fully saturated rings. The zero-order valence-corrected chi connectivity index (χ0v) is 14.1. The van der Waals surface area contributed by atoms with Crippen LogP contribution in [0.2, 0.25) is 0 Å². The average Bonchev–Trinajstić information content (AvgIpc) is 2.49. The van der Waals surface area contributed by atoms with Gasteiger partial charge in [0.2, 0.25) is 0 Å². The predicted molar refractivity (Wildman–Crippen MR) is 88.2 cm³/mol. The standard InChI is InChI=1S/C17H31NO5/c1-2-3-4-5-6-7-8-9-10-11-15(19)13(16(20)21)12-14(18)17(22)23/h13-14H,2-12,18H2,1H3,(H,20,21)(H,22,23). The zero-order chi connectivity index (χ0) is 17.7. The molecule has 2 unspecified atom stereocenters. The minimum atomic E-state index is -1.32. The lowest BCUT2D eigenvalue weighted by molar-refractivity contribution is -0.147. The van der Waals surface area contributed by atoms with Gasteiger partial charge in [0.1, 0.15) is 17.7 Å². The van der Waals surface area contributed by atoms with E-state index in [0.717, 1.165) is 19.3 Å². The van der Waals surface area contributed by atoms with Crippen LogP contribution >= 0.6 is 0 Å². The summed E-state index contributed by atoms with van der Waals surface area (Å²) in [6, 6.07) is -1.32. The molecule has 0 saturated heterocycles. The first-order valence-corrected chi connectivity index (χ1v) is 8.64. The van der Waals surface area contributed by atoms with E-state index in [1.165, 1.54) is 32.1 Å². The molecule has 4 N–H and O–H groups in total. The molecule has 6 nitrogen and oxygen atoms in total. The second-order valence-corrected chi connectivity index (χ2v) is 6.12. The fourth-order valence-corrected chi connectivity index (χ4v) is 2.51. The van der Waals surface area contributed by atoms with E-state index in [-0.39, 0.29) is 12.8 Å². The van der Waals surface area contributed by atoms with Crippen LogP contribution < -0.4 is 5.73 Å². The third kappa shape index (κ3) is 10.8. The van der Waals surface area contributed by atoms with Crippen molar-refractivity contribution in [3.05, 3.63) is 0 Å². The van der Waals surface area contributed by atoms with Gasteiger partial charge in [-0.15, -0.1) is 0 Å². The molecule has 0 aliphatic carbocycles. The Balaban J connectivity index is 3.88. The van der Waals surface area contributed by atoms with Gasteiger partial charge >= 0.3 is 11.9 Å². The van der Waals surface area contributed by atoms with Crippen LogP contribution in [-0.4, -0.2) is 34.0 Å². The van der Waals surface area contributed by atoms with Crippen molar-refractivity contribution in [1.29, 1.82) is 0 Å². The number of hydrogen-bond acceptors (Lipinski definition) is 4. The van der Waals surface area contributed by atoms with Crippen molar-refractivity contribution in [2.75, 3.05) is 0 Å². The van der Waals surface area contributed by atoms with E-state index in [1.54, 1.807) is 0 Å². The van der Waals surface area contributed by atoms with Gasteiger partial charge < -0.3 is 15.9 Å². The first kappa shape index (κ1) is 21.6. The van der Waals surface area contributed by atoms with Gasteiger partial charge in [-0.25, -0.2) is 0 Å². The van der Waals surface area contributed by atoms with Crippen LogP contribution in [0.25, 0.3) is 0 Å². The summed E-state index contributed by atoms with van der Waals surface area (Å²) in [5, 5.41) is 17.8. The third-order valence-corrected chi connectivity index (χ3v) is 4.02. The van der Waals surface area contributed by atoms with Crippen molar-refractivity contribution >= 4 is 17.7 Å². The van der Waals surface area contributed by atoms with Crippen LogP contribution in [0.5, 0.6) is 0 Å². The van der Waals surface area contributed by atoms with Gasteiger partial charge in [0, 0.05) is 6.42 Å². The van der Waals surface area contributed by atoms with Gasteiger partial charge in [-0.3, -0.25) is 14.4 Å². The molecule has 0 aromatic carbocycles. The molecule has 0 saturated carbocycles. The van der Waals surface area contributed by atoms with Gasteiger partial charge in [0.25, 0.3) is 0 Å². The molecule has 0 spiro atoms. The molecule has 0 aromatic rings. The summed E-state index contributed by atoms with van der Waals surface area (Å²) in [6.45, 7) is 2.19. The van der Waals surface area contributed by atoms with Crippen molar-refractivity contribution in [3.8, 4) is 0 Å². The average molecular weight is 329 g/mol. The van der Waals surface area contributed by atoms with Crippen LogP contribution in [-0.2, 0) is 14.4 Å². The number of carbonyl (C=O) groups is 3. The molecule has 0 amide bonds. The van der Waals surface area contributed by atoms with Crippen LogP contribution in [0.4, 0.5) is 0 Å². The smallest absolute Gasteiger partial charge is 0.320 e. The van der Waals surface area contributed by atoms with Gasteiger partial charge in [0.15, 0.2) is 0 Å². The molecule has 0 bridgehead atoms. The van der Waals surface area contributed by atoms with Crippen molar-refractivity contribution in [1.82, 2.24) is 0 Å². The molecule has 0 rings (SSSR count). The minimum absolute atomic E-state index is 0.180. The highest BCUT2D eigenvalue weighted by Crippen LogP contribution is 2.15. The Labute approximate surface area is 138 Å². The van der Waals surface area contributed by atoms with Crippen molar-refractivity contribution in [2.45, 2.75) is 83.6 Å². The highest BCUT2D eigenvalue weighted by molar-refractivity contribution is 5.98. The van der Waals surface area contributed by atoms with Gasteiger partial charge in [-0.05, 0) is 12.8 Å². The Hall–Kier alpha value is -1.43. The fraction of sp³-hybridized carbons (Fsp3) is 0.824. The quantitative estimate of drug-likeness (QED) is 0.314. The Kier molecular flexibility index (Phi) is 12.2. The van der Waals surface area contributed by atoms with Gasteiger partial charge in [-0.2, -0.15) is 0 Å². The second-order valence-electron chi connectivity index (χ2n) is 6.12. The van der Waals surface area contributed by atoms with E-state index >= 15 is 0 Å². The Bertz CT molecular complexity index is 370. The minimum Gasteiger partial charge on any atom is -0.481 e. The third-order valence-electron chi connectivity index (χ3n) is 4.02. The van der Waals surface area contributed by atoms with E-state index in [2.05, 4.69) is 6.92 Å².